The normalized spacial score (nSPS) is 14.6. The largest absolute Gasteiger partial charge is 1.00 e. The Morgan fingerprint density at radius 2 is 1.68 bits per heavy atom. The fourth-order valence-electron chi connectivity index (χ4n) is 2.28. The SMILES string of the molecule is CCCCC[N+](C)(C)C(C)C(O)c1ccccc1.[I-]. The van der Waals surface area contributed by atoms with E-state index < -0.39 is 0 Å². The van der Waals surface area contributed by atoms with E-state index in [2.05, 4.69) is 27.9 Å². The average molecular weight is 377 g/mol. The van der Waals surface area contributed by atoms with Crippen LogP contribution in [0.1, 0.15) is 44.8 Å². The summed E-state index contributed by atoms with van der Waals surface area (Å²) in [5.74, 6) is 0. The molecule has 0 bridgehead atoms. The maximum atomic E-state index is 10.5. The standard InChI is InChI=1S/C16H28NO.HI/c1-5-6-10-13-17(3,4)14(2)16(18)15-11-8-7-9-12-15;/h7-9,11-12,14,16,18H,5-6,10,13H2,1-4H3;1H/q+1;/p-1. The minimum atomic E-state index is -0.386. The minimum Gasteiger partial charge on any atom is -1.00 e. The van der Waals surface area contributed by atoms with Crippen molar-refractivity contribution in [3.8, 4) is 0 Å². The molecule has 0 radical (unpaired) electrons. The lowest BCUT2D eigenvalue weighted by atomic mass is 10.0. The molecule has 3 heteroatoms. The van der Waals surface area contributed by atoms with Crippen LogP contribution in [0.15, 0.2) is 30.3 Å². The van der Waals surface area contributed by atoms with Crippen molar-refractivity contribution in [3.63, 3.8) is 0 Å². The van der Waals surface area contributed by atoms with Crippen LogP contribution in [0.4, 0.5) is 0 Å². The van der Waals surface area contributed by atoms with E-state index in [4.69, 9.17) is 0 Å². The van der Waals surface area contributed by atoms with Crippen molar-refractivity contribution in [1.82, 2.24) is 0 Å². The van der Waals surface area contributed by atoms with Crippen LogP contribution in [-0.2, 0) is 0 Å². The molecule has 1 aromatic rings. The van der Waals surface area contributed by atoms with Crippen molar-refractivity contribution in [3.05, 3.63) is 35.9 Å². The maximum Gasteiger partial charge on any atom is 0.130 e. The fourth-order valence-corrected chi connectivity index (χ4v) is 2.28. The Bertz CT molecular complexity index is 340. The van der Waals surface area contributed by atoms with E-state index in [1.807, 2.05) is 30.3 Å². The molecular weight excluding hydrogens is 349 g/mol. The maximum absolute atomic E-state index is 10.5. The predicted octanol–water partition coefficient (Wildman–Crippen LogP) is 0.379. The zero-order chi connectivity index (χ0) is 13.6. The van der Waals surface area contributed by atoms with Gasteiger partial charge < -0.3 is 33.6 Å². The molecule has 0 aliphatic carbocycles. The molecule has 1 rings (SSSR count). The van der Waals surface area contributed by atoms with Crippen LogP contribution in [0.25, 0.3) is 0 Å². The van der Waals surface area contributed by atoms with E-state index in [0.29, 0.717) is 0 Å². The summed E-state index contributed by atoms with van der Waals surface area (Å²) in [7, 11) is 4.43. The number of unbranched alkanes of at least 4 members (excludes halogenated alkanes) is 2. The third-order valence-electron chi connectivity index (χ3n) is 4.04. The second-order valence-electron chi connectivity index (χ2n) is 5.81. The van der Waals surface area contributed by atoms with Gasteiger partial charge in [0.25, 0.3) is 0 Å². The summed E-state index contributed by atoms with van der Waals surface area (Å²) in [6.45, 7) is 5.49. The second kappa shape index (κ2) is 8.93. The van der Waals surface area contributed by atoms with Gasteiger partial charge in [-0.15, -0.1) is 0 Å². The number of nitrogens with zero attached hydrogens (tertiary/aromatic N) is 1. The quantitative estimate of drug-likeness (QED) is 0.414. The first-order valence-corrected chi connectivity index (χ1v) is 7.04. The van der Waals surface area contributed by atoms with E-state index in [9.17, 15) is 5.11 Å². The lowest BCUT2D eigenvalue weighted by Crippen LogP contribution is -3.00. The van der Waals surface area contributed by atoms with Crippen molar-refractivity contribution < 1.29 is 33.6 Å². The predicted molar refractivity (Wildman–Crippen MR) is 77.4 cm³/mol. The highest BCUT2D eigenvalue weighted by Crippen LogP contribution is 2.24. The molecule has 2 unspecified atom stereocenters. The Balaban J connectivity index is 0.00000324. The van der Waals surface area contributed by atoms with Gasteiger partial charge in [0.2, 0.25) is 0 Å². The summed E-state index contributed by atoms with van der Waals surface area (Å²) in [4.78, 5) is 0. The molecule has 0 fully saturated rings. The van der Waals surface area contributed by atoms with Crippen molar-refractivity contribution in [2.24, 2.45) is 0 Å². The van der Waals surface area contributed by atoms with Crippen LogP contribution >= 0.6 is 0 Å². The Labute approximate surface area is 135 Å². The summed E-state index contributed by atoms with van der Waals surface area (Å²) in [6.07, 6.45) is 3.36. The number of hydrogen-bond donors (Lipinski definition) is 1. The number of benzene rings is 1. The monoisotopic (exact) mass is 377 g/mol. The van der Waals surface area contributed by atoms with Gasteiger partial charge in [0.1, 0.15) is 12.1 Å². The van der Waals surface area contributed by atoms with Crippen molar-refractivity contribution in [2.45, 2.75) is 45.3 Å². The molecule has 2 nitrogen and oxygen atoms in total. The van der Waals surface area contributed by atoms with Crippen LogP contribution in [0.2, 0.25) is 0 Å². The molecule has 110 valence electrons. The highest BCUT2D eigenvalue weighted by molar-refractivity contribution is 5.18. The minimum absolute atomic E-state index is 0. The van der Waals surface area contributed by atoms with Gasteiger partial charge in [-0.1, -0.05) is 43.7 Å². The molecule has 0 heterocycles. The number of likely N-dealkylation sites (N-methyl/N-ethyl adjacent to an activating group) is 1. The first-order valence-electron chi connectivity index (χ1n) is 7.04. The molecule has 0 aliphatic rings. The van der Waals surface area contributed by atoms with Gasteiger partial charge in [-0.2, -0.15) is 0 Å². The Kier molecular flexibility index (Phi) is 8.86. The summed E-state index contributed by atoms with van der Waals surface area (Å²) in [6, 6.07) is 10.2. The number of hydrogen-bond acceptors (Lipinski definition) is 1. The zero-order valence-electron chi connectivity index (χ0n) is 12.6. The topological polar surface area (TPSA) is 20.2 Å². The van der Waals surface area contributed by atoms with Crippen LogP contribution < -0.4 is 24.0 Å². The first kappa shape index (κ1) is 18.9. The van der Waals surface area contributed by atoms with Crippen molar-refractivity contribution >= 4 is 0 Å². The van der Waals surface area contributed by atoms with Crippen LogP contribution in [0, 0.1) is 0 Å². The molecular formula is C16H28INO. The average Bonchev–Trinajstić information content (AvgIpc) is 2.38. The van der Waals surface area contributed by atoms with Crippen molar-refractivity contribution in [2.75, 3.05) is 20.6 Å². The zero-order valence-corrected chi connectivity index (χ0v) is 14.8. The molecule has 0 saturated carbocycles. The van der Waals surface area contributed by atoms with E-state index in [-0.39, 0.29) is 36.1 Å². The number of aliphatic hydroxyl groups is 1. The van der Waals surface area contributed by atoms with Gasteiger partial charge in [0.05, 0.1) is 20.6 Å². The summed E-state index contributed by atoms with van der Waals surface area (Å²) in [5.41, 5.74) is 1.02. The lowest BCUT2D eigenvalue weighted by Gasteiger charge is -2.38. The third kappa shape index (κ3) is 5.79. The number of halogens is 1. The van der Waals surface area contributed by atoms with Gasteiger partial charge >= 0.3 is 0 Å². The summed E-state index contributed by atoms with van der Waals surface area (Å²) in [5, 5.41) is 10.5. The van der Waals surface area contributed by atoms with Gasteiger partial charge in [-0.3, -0.25) is 0 Å². The summed E-state index contributed by atoms with van der Waals surface area (Å²) < 4.78 is 0.871. The van der Waals surface area contributed by atoms with Gasteiger partial charge in [0, 0.05) is 0 Å². The van der Waals surface area contributed by atoms with Crippen LogP contribution in [0.3, 0.4) is 0 Å². The smallest absolute Gasteiger partial charge is 0.130 e. The Morgan fingerprint density at radius 1 is 1.11 bits per heavy atom. The first-order chi connectivity index (χ1) is 8.49. The highest BCUT2D eigenvalue weighted by atomic mass is 127. The number of aliphatic hydroxyl groups excluding tert-OH is 1. The number of rotatable bonds is 7. The van der Waals surface area contributed by atoms with Crippen LogP contribution in [0.5, 0.6) is 0 Å². The molecule has 0 aromatic heterocycles. The number of quaternary nitrogens is 1. The molecule has 0 aliphatic heterocycles. The molecule has 19 heavy (non-hydrogen) atoms. The fraction of sp³-hybridized carbons (Fsp3) is 0.625. The molecule has 0 saturated heterocycles. The van der Waals surface area contributed by atoms with Gasteiger partial charge in [-0.25, -0.2) is 0 Å². The van der Waals surface area contributed by atoms with E-state index >= 15 is 0 Å². The van der Waals surface area contributed by atoms with E-state index in [1.54, 1.807) is 0 Å². The van der Waals surface area contributed by atoms with E-state index in [1.165, 1.54) is 19.3 Å². The molecule has 2 atom stereocenters. The van der Waals surface area contributed by atoms with Crippen LogP contribution in [-0.4, -0.2) is 36.3 Å². The molecule has 0 amide bonds. The molecule has 1 N–H and O–H groups in total. The van der Waals surface area contributed by atoms with Gasteiger partial charge in [-0.05, 0) is 25.3 Å². The second-order valence-corrected chi connectivity index (χ2v) is 5.81. The Hall–Kier alpha value is -0.130. The lowest BCUT2D eigenvalue weighted by molar-refractivity contribution is -0.917. The summed E-state index contributed by atoms with van der Waals surface area (Å²) >= 11 is 0. The molecule has 0 spiro atoms. The molecule has 1 aromatic carbocycles. The Morgan fingerprint density at radius 3 is 2.21 bits per heavy atom. The third-order valence-corrected chi connectivity index (χ3v) is 4.04. The van der Waals surface area contributed by atoms with Crippen molar-refractivity contribution in [1.29, 1.82) is 0 Å². The highest BCUT2D eigenvalue weighted by Gasteiger charge is 2.30. The van der Waals surface area contributed by atoms with E-state index in [0.717, 1.165) is 16.6 Å². The van der Waals surface area contributed by atoms with Gasteiger partial charge in [0.15, 0.2) is 0 Å².